The Hall–Kier alpha value is -3.25. The lowest BCUT2D eigenvalue weighted by Gasteiger charge is -2.35. The first-order chi connectivity index (χ1) is 16.9. The third-order valence-corrected chi connectivity index (χ3v) is 6.91. The van der Waals surface area contributed by atoms with E-state index in [-0.39, 0.29) is 37.0 Å². The van der Waals surface area contributed by atoms with Gasteiger partial charge in [-0.25, -0.2) is 4.98 Å². The van der Waals surface area contributed by atoms with Gasteiger partial charge < -0.3 is 19.3 Å². The van der Waals surface area contributed by atoms with Gasteiger partial charge in [0, 0.05) is 44.2 Å². The van der Waals surface area contributed by atoms with Crippen molar-refractivity contribution in [3.63, 3.8) is 0 Å². The number of hydrogen-bond acceptors (Lipinski definition) is 9. The number of ether oxygens (including phenoxy) is 2. The monoisotopic (exact) mass is 497 g/mol. The van der Waals surface area contributed by atoms with E-state index in [0.717, 1.165) is 11.3 Å². The molecule has 5 heterocycles. The van der Waals surface area contributed by atoms with Crippen LogP contribution >= 0.6 is 11.8 Å². The van der Waals surface area contributed by atoms with Gasteiger partial charge in [0.2, 0.25) is 22.9 Å². The molecule has 0 radical (unpaired) electrons. The third kappa shape index (κ3) is 4.67. The maximum Gasteiger partial charge on any atom is 0.256 e. The van der Waals surface area contributed by atoms with Gasteiger partial charge in [0.1, 0.15) is 12.7 Å². The van der Waals surface area contributed by atoms with Gasteiger partial charge in [0.25, 0.3) is 5.78 Å². The number of thioether (sulfide) groups is 1. The number of rotatable bonds is 6. The van der Waals surface area contributed by atoms with E-state index in [4.69, 9.17) is 9.47 Å². The highest BCUT2D eigenvalue weighted by molar-refractivity contribution is 7.98. The summed E-state index contributed by atoms with van der Waals surface area (Å²) in [5.41, 5.74) is 1.63. The standard InChI is InChI=1S/C23H27N7O4S/c1-14-9-19(30-22(25-14)26-23(27-30)35-3)34-13-16-12-29(7-8-33-16)21(32)17-10-18(31)28(2)20(17)15-5-4-6-24-11-15/h4-6,9,11,16-17,20H,7-8,10,12-13H2,1-3H3. The zero-order valence-electron chi connectivity index (χ0n) is 19.8. The van der Waals surface area contributed by atoms with Gasteiger partial charge in [-0.15, -0.1) is 5.10 Å². The maximum absolute atomic E-state index is 13.5. The second-order valence-electron chi connectivity index (χ2n) is 8.68. The number of fused-ring (bicyclic) bond motifs is 1. The summed E-state index contributed by atoms with van der Waals surface area (Å²) in [4.78, 5) is 42.4. The minimum atomic E-state index is -0.459. The third-order valence-electron chi connectivity index (χ3n) is 6.37. The predicted molar refractivity (Wildman–Crippen MR) is 127 cm³/mol. The fraction of sp³-hybridized carbons (Fsp3) is 0.478. The molecule has 3 atom stereocenters. The first kappa shape index (κ1) is 23.5. The summed E-state index contributed by atoms with van der Waals surface area (Å²) in [6.07, 6.45) is 5.18. The molecular formula is C23H27N7O4S. The predicted octanol–water partition coefficient (Wildman–Crippen LogP) is 1.38. The van der Waals surface area contributed by atoms with E-state index in [1.165, 1.54) is 11.8 Å². The molecule has 184 valence electrons. The van der Waals surface area contributed by atoms with Crippen molar-refractivity contribution >= 4 is 29.4 Å². The number of carbonyl (C=O) groups is 2. The van der Waals surface area contributed by atoms with Crippen molar-refractivity contribution in [1.29, 1.82) is 0 Å². The number of aromatic nitrogens is 5. The SMILES string of the molecule is CSc1nc2nc(C)cc(OCC3CN(C(=O)C4CC(=O)N(C)C4c4cccnc4)CCO3)n2n1. The molecule has 0 spiro atoms. The Bertz CT molecular complexity index is 1240. The molecule has 0 saturated carbocycles. The molecule has 12 heteroatoms. The van der Waals surface area contributed by atoms with E-state index >= 15 is 0 Å². The van der Waals surface area contributed by atoms with Gasteiger partial charge in [-0.05, 0) is 24.8 Å². The largest absolute Gasteiger partial charge is 0.475 e. The van der Waals surface area contributed by atoms with Gasteiger partial charge in [-0.3, -0.25) is 14.6 Å². The fourth-order valence-corrected chi connectivity index (χ4v) is 4.99. The van der Waals surface area contributed by atoms with E-state index in [0.29, 0.717) is 36.5 Å². The lowest BCUT2D eigenvalue weighted by Crippen LogP contribution is -2.50. The van der Waals surface area contributed by atoms with Crippen LogP contribution < -0.4 is 4.74 Å². The number of pyridine rings is 1. The van der Waals surface area contributed by atoms with Crippen molar-refractivity contribution in [2.75, 3.05) is 39.6 Å². The van der Waals surface area contributed by atoms with Crippen molar-refractivity contribution in [3.05, 3.63) is 41.9 Å². The number of carbonyl (C=O) groups excluding carboxylic acids is 2. The molecule has 3 unspecified atom stereocenters. The first-order valence-corrected chi connectivity index (χ1v) is 12.6. The van der Waals surface area contributed by atoms with Crippen LogP contribution in [0.2, 0.25) is 0 Å². The molecule has 2 saturated heterocycles. The van der Waals surface area contributed by atoms with E-state index in [9.17, 15) is 9.59 Å². The van der Waals surface area contributed by atoms with Crippen molar-refractivity contribution in [2.45, 2.75) is 30.6 Å². The topological polar surface area (TPSA) is 115 Å². The number of likely N-dealkylation sites (tertiary alicyclic amines) is 1. The Balaban J connectivity index is 1.28. The molecule has 0 aromatic carbocycles. The van der Waals surface area contributed by atoms with Crippen LogP contribution in [0.5, 0.6) is 5.88 Å². The van der Waals surface area contributed by atoms with Crippen LogP contribution in [0.25, 0.3) is 5.78 Å². The zero-order valence-corrected chi connectivity index (χ0v) is 20.6. The minimum absolute atomic E-state index is 0.0418. The average molecular weight is 498 g/mol. The van der Waals surface area contributed by atoms with Crippen LogP contribution in [0.15, 0.2) is 35.7 Å². The summed E-state index contributed by atoms with van der Waals surface area (Å²) in [6, 6.07) is 5.21. The van der Waals surface area contributed by atoms with Crippen molar-refractivity contribution in [2.24, 2.45) is 5.92 Å². The molecule has 0 N–H and O–H groups in total. The number of amides is 2. The summed E-state index contributed by atoms with van der Waals surface area (Å²) in [6.45, 7) is 3.37. The van der Waals surface area contributed by atoms with Crippen LogP contribution in [0.3, 0.4) is 0 Å². The molecule has 2 aliphatic heterocycles. The quantitative estimate of drug-likeness (QED) is 0.466. The van der Waals surface area contributed by atoms with Crippen LogP contribution in [0, 0.1) is 12.8 Å². The van der Waals surface area contributed by atoms with Crippen molar-refractivity contribution in [3.8, 4) is 5.88 Å². The molecule has 11 nitrogen and oxygen atoms in total. The molecule has 2 amide bonds. The molecule has 5 rings (SSSR count). The highest BCUT2D eigenvalue weighted by Crippen LogP contribution is 2.38. The number of hydrogen-bond donors (Lipinski definition) is 0. The molecule has 0 bridgehead atoms. The summed E-state index contributed by atoms with van der Waals surface area (Å²) < 4.78 is 13.5. The second-order valence-corrected chi connectivity index (χ2v) is 9.45. The Kier molecular flexibility index (Phi) is 6.56. The molecule has 35 heavy (non-hydrogen) atoms. The Morgan fingerprint density at radius 3 is 2.97 bits per heavy atom. The lowest BCUT2D eigenvalue weighted by molar-refractivity contribution is -0.145. The molecule has 3 aromatic heterocycles. The molecule has 2 aliphatic rings. The highest BCUT2D eigenvalue weighted by Gasteiger charge is 2.45. The smallest absolute Gasteiger partial charge is 0.256 e. The van der Waals surface area contributed by atoms with Gasteiger partial charge >= 0.3 is 0 Å². The number of nitrogens with zero attached hydrogens (tertiary/aromatic N) is 7. The van der Waals surface area contributed by atoms with E-state index in [1.807, 2.05) is 25.3 Å². The second kappa shape index (κ2) is 9.78. The molecular weight excluding hydrogens is 470 g/mol. The minimum Gasteiger partial charge on any atom is -0.475 e. The van der Waals surface area contributed by atoms with Gasteiger partial charge in [0.15, 0.2) is 0 Å². The van der Waals surface area contributed by atoms with Gasteiger partial charge in [0.05, 0.1) is 25.1 Å². The maximum atomic E-state index is 13.5. The van der Waals surface area contributed by atoms with Gasteiger partial charge in [-0.1, -0.05) is 17.8 Å². The first-order valence-electron chi connectivity index (χ1n) is 11.4. The lowest BCUT2D eigenvalue weighted by atomic mass is 9.93. The summed E-state index contributed by atoms with van der Waals surface area (Å²) in [5.74, 6) is 0.445. The molecule has 0 aliphatic carbocycles. The number of morpholine rings is 1. The summed E-state index contributed by atoms with van der Waals surface area (Å²) >= 11 is 1.43. The average Bonchev–Trinajstić information content (AvgIpc) is 3.43. The zero-order chi connectivity index (χ0) is 24.5. The van der Waals surface area contributed by atoms with Crippen LogP contribution in [-0.2, 0) is 14.3 Å². The van der Waals surface area contributed by atoms with Gasteiger partial charge in [-0.2, -0.15) is 9.50 Å². The Labute approximate surface area is 206 Å². The van der Waals surface area contributed by atoms with Crippen molar-refractivity contribution in [1.82, 2.24) is 34.4 Å². The normalized spacial score (nSPS) is 22.7. The summed E-state index contributed by atoms with van der Waals surface area (Å²) in [7, 11) is 1.74. The van der Waals surface area contributed by atoms with Crippen LogP contribution in [-0.4, -0.2) is 91.9 Å². The molecule has 2 fully saturated rings. The van der Waals surface area contributed by atoms with E-state index in [1.54, 1.807) is 39.8 Å². The summed E-state index contributed by atoms with van der Waals surface area (Å²) in [5, 5.41) is 5.03. The van der Waals surface area contributed by atoms with Crippen LogP contribution in [0.1, 0.15) is 23.7 Å². The molecule has 3 aromatic rings. The van der Waals surface area contributed by atoms with Crippen molar-refractivity contribution < 1.29 is 19.1 Å². The van der Waals surface area contributed by atoms with Crippen LogP contribution in [0.4, 0.5) is 0 Å². The Morgan fingerprint density at radius 2 is 2.20 bits per heavy atom. The van der Waals surface area contributed by atoms with E-state index < -0.39 is 5.92 Å². The fourth-order valence-electron chi connectivity index (χ4n) is 4.66. The Morgan fingerprint density at radius 1 is 1.34 bits per heavy atom. The van der Waals surface area contributed by atoms with E-state index in [2.05, 4.69) is 20.1 Å². The number of aryl methyl sites for hydroxylation is 1. The highest BCUT2D eigenvalue weighted by atomic mass is 32.2.